The lowest BCUT2D eigenvalue weighted by molar-refractivity contribution is -0.118. The van der Waals surface area contributed by atoms with Crippen molar-refractivity contribution in [1.29, 1.82) is 0 Å². The summed E-state index contributed by atoms with van der Waals surface area (Å²) in [5, 5.41) is 7.40. The van der Waals surface area contributed by atoms with Crippen molar-refractivity contribution >= 4 is 34.3 Å². The van der Waals surface area contributed by atoms with E-state index in [1.807, 2.05) is 22.8 Å². The Bertz CT molecular complexity index is 1370. The number of nitrogens with one attached hydrogen (secondary N) is 2. The van der Waals surface area contributed by atoms with Gasteiger partial charge in [0, 0.05) is 18.3 Å². The summed E-state index contributed by atoms with van der Waals surface area (Å²) < 4.78 is 12.8. The monoisotopic (exact) mass is 460 g/mol. The summed E-state index contributed by atoms with van der Waals surface area (Å²) in [7, 11) is 0. The second-order valence-electron chi connectivity index (χ2n) is 8.85. The number of carbonyl (C=O) groups excluding carboxylic acids is 2. The third-order valence-corrected chi connectivity index (χ3v) is 6.66. The molecule has 0 saturated carbocycles. The van der Waals surface area contributed by atoms with Gasteiger partial charge in [-0.15, -0.1) is 0 Å². The van der Waals surface area contributed by atoms with Crippen LogP contribution < -0.4 is 25.8 Å². The molecule has 0 radical (unpaired) electrons. The molecular weight excluding hydrogens is 436 g/mol. The number of benzene rings is 2. The molecule has 2 amide bonds. The first-order valence-electron chi connectivity index (χ1n) is 11.5. The summed E-state index contributed by atoms with van der Waals surface area (Å²) in [5.41, 5.74) is 3.41. The Hall–Kier alpha value is -3.85. The highest BCUT2D eigenvalue weighted by Crippen LogP contribution is 2.34. The maximum absolute atomic E-state index is 12.5. The van der Waals surface area contributed by atoms with Crippen LogP contribution in [0.3, 0.4) is 0 Å². The minimum atomic E-state index is -0.391. The number of pyridine rings is 1. The van der Waals surface area contributed by atoms with Crippen LogP contribution in [-0.4, -0.2) is 42.4 Å². The second kappa shape index (κ2) is 8.18. The van der Waals surface area contributed by atoms with Crippen molar-refractivity contribution in [2.24, 2.45) is 0 Å². The van der Waals surface area contributed by atoms with E-state index >= 15 is 0 Å². The zero-order valence-electron chi connectivity index (χ0n) is 18.5. The number of carbonyl (C=O) groups is 2. The fourth-order valence-electron chi connectivity index (χ4n) is 5.03. The van der Waals surface area contributed by atoms with Crippen molar-refractivity contribution < 1.29 is 19.1 Å². The summed E-state index contributed by atoms with van der Waals surface area (Å²) in [6.07, 6.45) is 0.961. The number of fused-ring (bicyclic) bond motifs is 1. The van der Waals surface area contributed by atoms with Crippen molar-refractivity contribution in [3.63, 3.8) is 0 Å². The average molecular weight is 460 g/mol. The van der Waals surface area contributed by atoms with Crippen molar-refractivity contribution in [2.75, 3.05) is 29.9 Å². The highest BCUT2D eigenvalue weighted by atomic mass is 16.6. The molecule has 1 fully saturated rings. The molecule has 0 bridgehead atoms. The van der Waals surface area contributed by atoms with Gasteiger partial charge in [0.1, 0.15) is 11.9 Å². The molecule has 0 unspecified atom stereocenters. The molecule has 2 aromatic carbocycles. The van der Waals surface area contributed by atoms with Gasteiger partial charge in [-0.2, -0.15) is 0 Å². The Morgan fingerprint density at radius 1 is 1.06 bits per heavy atom. The Balaban J connectivity index is 1.05. The van der Waals surface area contributed by atoms with Crippen LogP contribution in [0.25, 0.3) is 10.9 Å². The lowest BCUT2D eigenvalue weighted by atomic mass is 10.1. The predicted octanol–water partition coefficient (Wildman–Crippen LogP) is 2.78. The number of hydrogen-bond donors (Lipinski definition) is 2. The quantitative estimate of drug-likeness (QED) is 0.549. The lowest BCUT2D eigenvalue weighted by Gasteiger charge is -2.20. The van der Waals surface area contributed by atoms with Crippen molar-refractivity contribution in [3.05, 3.63) is 64.4 Å². The van der Waals surface area contributed by atoms with Crippen LogP contribution >= 0.6 is 0 Å². The fourth-order valence-corrected chi connectivity index (χ4v) is 5.03. The molecule has 4 heterocycles. The summed E-state index contributed by atoms with van der Waals surface area (Å²) in [4.78, 5) is 37.9. The molecule has 1 aromatic heterocycles. The first-order chi connectivity index (χ1) is 16.6. The van der Waals surface area contributed by atoms with Crippen LogP contribution in [-0.2, 0) is 16.1 Å². The molecule has 1 saturated heterocycles. The van der Waals surface area contributed by atoms with Gasteiger partial charge in [0.05, 0.1) is 23.8 Å². The highest BCUT2D eigenvalue weighted by Gasteiger charge is 2.33. The molecule has 34 heavy (non-hydrogen) atoms. The maximum atomic E-state index is 12.5. The van der Waals surface area contributed by atoms with E-state index in [9.17, 15) is 14.4 Å². The van der Waals surface area contributed by atoms with Crippen molar-refractivity contribution in [2.45, 2.75) is 31.5 Å². The van der Waals surface area contributed by atoms with Crippen LogP contribution in [0.2, 0.25) is 0 Å². The first-order valence-corrected chi connectivity index (χ1v) is 11.5. The topological polar surface area (TPSA) is 102 Å². The largest absolute Gasteiger partial charge is 0.482 e. The molecule has 0 aliphatic carbocycles. The molecule has 2 atom stereocenters. The van der Waals surface area contributed by atoms with Crippen LogP contribution in [0.15, 0.2) is 53.3 Å². The summed E-state index contributed by atoms with van der Waals surface area (Å²) in [5.74, 6) is 0.371. The average Bonchev–Trinajstić information content (AvgIpc) is 3.40. The van der Waals surface area contributed by atoms with Crippen LogP contribution in [0.4, 0.5) is 16.2 Å². The van der Waals surface area contributed by atoms with E-state index in [1.54, 1.807) is 29.2 Å². The van der Waals surface area contributed by atoms with Gasteiger partial charge in [-0.1, -0.05) is 18.2 Å². The van der Waals surface area contributed by atoms with Crippen LogP contribution in [0, 0.1) is 0 Å². The summed E-state index contributed by atoms with van der Waals surface area (Å²) in [6.45, 7) is 1.82. The van der Waals surface area contributed by atoms with Crippen molar-refractivity contribution in [1.82, 2.24) is 9.88 Å². The van der Waals surface area contributed by atoms with Crippen LogP contribution in [0.1, 0.15) is 24.4 Å². The number of ether oxygens (including phenoxy) is 2. The van der Waals surface area contributed by atoms with E-state index < -0.39 is 6.09 Å². The Morgan fingerprint density at radius 3 is 2.88 bits per heavy atom. The Labute approximate surface area is 195 Å². The number of aromatic nitrogens is 1. The number of para-hydroxylation sites is 1. The molecular formula is C25H24N4O5. The molecule has 3 aliphatic heterocycles. The third kappa shape index (κ3) is 3.58. The molecule has 6 rings (SSSR count). The Kier molecular flexibility index (Phi) is 4.99. The van der Waals surface area contributed by atoms with E-state index in [-0.39, 0.29) is 30.2 Å². The van der Waals surface area contributed by atoms with Gasteiger partial charge in [-0.3, -0.25) is 14.5 Å². The van der Waals surface area contributed by atoms with E-state index in [0.717, 1.165) is 35.9 Å². The van der Waals surface area contributed by atoms with Gasteiger partial charge < -0.3 is 24.7 Å². The minimum absolute atomic E-state index is 0.00690. The molecule has 174 valence electrons. The number of cyclic esters (lactones) is 1. The standard InChI is InChI=1S/C25H24N4O5/c30-22-14-33-21-8-7-16(11-19(21)27-22)28-12-17(34-25(28)32)4-2-10-26-20-13-29-23(31)9-6-15-3-1-5-18(20)24(15)29/h1,3,5-9,11,17,20,26H,2,4,10,12-14H2,(H,27,30)/t17-,20+/m0/s1. The number of hydrogen-bond acceptors (Lipinski definition) is 6. The number of rotatable bonds is 6. The molecule has 9 nitrogen and oxygen atoms in total. The van der Waals surface area contributed by atoms with E-state index in [0.29, 0.717) is 30.2 Å². The van der Waals surface area contributed by atoms with Gasteiger partial charge in [-0.05, 0) is 54.6 Å². The first kappa shape index (κ1) is 20.7. The molecule has 3 aromatic rings. The number of nitrogens with zero attached hydrogens (tertiary/aromatic N) is 2. The number of amides is 2. The van der Waals surface area contributed by atoms with Gasteiger partial charge in [-0.25, -0.2) is 4.79 Å². The predicted molar refractivity (Wildman–Crippen MR) is 126 cm³/mol. The van der Waals surface area contributed by atoms with Gasteiger partial charge in [0.25, 0.3) is 11.5 Å². The zero-order valence-corrected chi connectivity index (χ0v) is 18.5. The fraction of sp³-hybridized carbons (Fsp3) is 0.320. The molecule has 9 heteroatoms. The molecule has 3 aliphatic rings. The van der Waals surface area contributed by atoms with Gasteiger partial charge in [0.15, 0.2) is 6.61 Å². The Morgan fingerprint density at radius 2 is 1.97 bits per heavy atom. The highest BCUT2D eigenvalue weighted by molar-refractivity contribution is 5.97. The second-order valence-corrected chi connectivity index (χ2v) is 8.85. The van der Waals surface area contributed by atoms with Crippen molar-refractivity contribution in [3.8, 4) is 5.75 Å². The smallest absolute Gasteiger partial charge is 0.414 e. The third-order valence-electron chi connectivity index (χ3n) is 6.66. The molecule has 2 N–H and O–H groups in total. The van der Waals surface area contributed by atoms with E-state index in [1.165, 1.54) is 0 Å². The van der Waals surface area contributed by atoms with Gasteiger partial charge in [0.2, 0.25) is 0 Å². The van der Waals surface area contributed by atoms with Crippen LogP contribution in [0.5, 0.6) is 5.75 Å². The normalized spacial score (nSPS) is 20.8. The number of anilines is 2. The maximum Gasteiger partial charge on any atom is 0.414 e. The SMILES string of the molecule is O=C1COc2ccc(N3C[C@H](CCCN[C@@H]4Cn5c(=O)ccc6cccc4c65)OC3=O)cc2N1. The molecule has 0 spiro atoms. The lowest BCUT2D eigenvalue weighted by Crippen LogP contribution is -2.28. The zero-order chi connectivity index (χ0) is 23.2. The minimum Gasteiger partial charge on any atom is -0.482 e. The summed E-state index contributed by atoms with van der Waals surface area (Å²) >= 11 is 0. The van der Waals surface area contributed by atoms with Gasteiger partial charge >= 0.3 is 6.09 Å². The van der Waals surface area contributed by atoms with E-state index in [2.05, 4.69) is 16.7 Å². The summed E-state index contributed by atoms with van der Waals surface area (Å²) in [6, 6.07) is 15.0. The van der Waals surface area contributed by atoms with E-state index in [4.69, 9.17) is 9.47 Å².